The first-order valence-corrected chi connectivity index (χ1v) is 37.0. The fraction of sp³-hybridized carbons (Fsp3) is 0.0769. The van der Waals surface area contributed by atoms with Gasteiger partial charge in [0.15, 0.2) is 0 Å². The van der Waals surface area contributed by atoms with E-state index in [0.717, 1.165) is 153 Å². The molecule has 0 saturated heterocycles. The Morgan fingerprint density at radius 2 is 0.683 bits per heavy atom. The average Bonchev–Trinajstić information content (AvgIpc) is 0.699. The van der Waals surface area contributed by atoms with Gasteiger partial charge in [-0.25, -0.2) is 0 Å². The molecule has 1 N–H and O–H groups in total. The maximum Gasteiger partial charge on any atom is 0.260 e. The van der Waals surface area contributed by atoms with E-state index < -0.39 is 0 Å². The predicted octanol–water partition coefficient (Wildman–Crippen LogP) is 18.4. The largest absolute Gasteiger partial charge is 0.458 e. The molecule has 496 valence electrons. The first kappa shape index (κ1) is 61.7. The van der Waals surface area contributed by atoms with E-state index in [1.54, 1.807) is 11.9 Å². The van der Waals surface area contributed by atoms with Gasteiger partial charge in [-0.15, -0.1) is 0 Å². The van der Waals surface area contributed by atoms with Gasteiger partial charge in [-0.2, -0.15) is 0 Å². The standard InChI is InChI=1S/C91H69B3N6O3S/c1-55-21-33-62(34-22-55)96(63-35-23-56(2)24-36-63)68-45-78-89-81(46-68)99(61-15-9-8-10-16-61)79-19-13-11-17-71(79)92(89)73-51-75-84(53-77(73)95-78)102-87-49-70(98(66-41-29-59(5)30-42-66)67-43-31-60(6)32-44-67)50-88-91(87)94(75)76-52-74-80(54-85(76)103-88)100(104-7)82-47-69(48-86-90(82)93(74)72-18-12-14-20-83(72)101-86)97(64-37-25-57(3)26-38-64)65-39-27-58(4)28-40-65/h8-54,95H,1-7H3. The van der Waals surface area contributed by atoms with E-state index in [4.69, 9.17) is 14.2 Å². The second-order valence-corrected chi connectivity index (χ2v) is 29.3. The molecule has 0 radical (unpaired) electrons. The third kappa shape index (κ3) is 9.88. The fourth-order valence-electron chi connectivity index (χ4n) is 16.9. The Morgan fingerprint density at radius 3 is 1.20 bits per heavy atom. The van der Waals surface area contributed by atoms with Crippen LogP contribution in [0.25, 0.3) is 0 Å². The van der Waals surface area contributed by atoms with E-state index in [1.165, 1.54) is 55.2 Å². The van der Waals surface area contributed by atoms with Crippen molar-refractivity contribution in [2.45, 2.75) is 41.5 Å². The summed E-state index contributed by atoms with van der Waals surface area (Å²) in [5, 5.41) is 4.17. The predicted molar refractivity (Wildman–Crippen MR) is 439 cm³/mol. The van der Waals surface area contributed by atoms with Gasteiger partial charge in [0.1, 0.15) is 34.5 Å². The SMILES string of the molecule is CSN1c2cc3c(cc2B2c4ccccc4Oc4cc(N(c5ccc(C)cc5)c5ccc(C)cc5)cc1c42)B1c2cc4c(cc2Oc2cc(N(c5ccc(C)cc5)c5ccc(C)cc5)cc(c21)O3)Nc1cc(N(c2ccc(C)cc2)c2ccc(C)cc2)cc2c1B4c1ccccc1N2c1ccccc1. The molecule has 0 bridgehead atoms. The van der Waals surface area contributed by atoms with Crippen molar-refractivity contribution >= 4 is 172 Å². The summed E-state index contributed by atoms with van der Waals surface area (Å²) >= 11 is 1.70. The van der Waals surface area contributed by atoms with Crippen LogP contribution in [0.2, 0.25) is 0 Å². The first-order chi connectivity index (χ1) is 50.9. The van der Waals surface area contributed by atoms with E-state index in [-0.39, 0.29) is 20.1 Å². The number of aryl methyl sites for hydroxylation is 6. The van der Waals surface area contributed by atoms with Gasteiger partial charge >= 0.3 is 0 Å². The number of rotatable bonds is 11. The lowest BCUT2D eigenvalue weighted by Crippen LogP contribution is -2.64. The van der Waals surface area contributed by atoms with Gasteiger partial charge in [-0.05, 0) is 212 Å². The minimum Gasteiger partial charge on any atom is -0.458 e. The maximum absolute atomic E-state index is 7.70. The molecule has 0 unspecified atom stereocenters. The summed E-state index contributed by atoms with van der Waals surface area (Å²) in [5.41, 5.74) is 34.1. The summed E-state index contributed by atoms with van der Waals surface area (Å²) in [6, 6.07) is 105. The number of nitrogens with zero attached hydrogens (tertiary/aromatic N) is 5. The molecule has 0 spiro atoms. The maximum atomic E-state index is 7.70. The molecule has 0 atom stereocenters. The second-order valence-electron chi connectivity index (χ2n) is 28.6. The van der Waals surface area contributed by atoms with Crippen molar-refractivity contribution in [2.24, 2.45) is 0 Å². The number of benzene rings is 14. The van der Waals surface area contributed by atoms with Crippen molar-refractivity contribution in [1.29, 1.82) is 0 Å². The van der Waals surface area contributed by atoms with Crippen LogP contribution in [0.15, 0.2) is 285 Å². The molecule has 14 aromatic rings. The van der Waals surface area contributed by atoms with Crippen molar-refractivity contribution in [2.75, 3.05) is 35.5 Å². The molecule has 0 aromatic heterocycles. The molecule has 6 heterocycles. The Hall–Kier alpha value is -12.2. The highest BCUT2D eigenvalue weighted by atomic mass is 32.2. The Balaban J connectivity index is 0.812. The van der Waals surface area contributed by atoms with E-state index in [9.17, 15) is 0 Å². The quantitative estimate of drug-likeness (QED) is 0.100. The van der Waals surface area contributed by atoms with Gasteiger partial charge in [0, 0.05) is 105 Å². The van der Waals surface area contributed by atoms with E-state index in [0.29, 0.717) is 0 Å². The Labute approximate surface area is 612 Å². The molecule has 9 nitrogen and oxygen atoms in total. The molecule has 104 heavy (non-hydrogen) atoms. The van der Waals surface area contributed by atoms with Crippen LogP contribution in [-0.2, 0) is 0 Å². The molecule has 6 aliphatic rings. The summed E-state index contributed by atoms with van der Waals surface area (Å²) in [7, 11) is 0. The second kappa shape index (κ2) is 24.0. The van der Waals surface area contributed by atoms with E-state index in [1.807, 2.05) is 0 Å². The van der Waals surface area contributed by atoms with Gasteiger partial charge in [0.05, 0.1) is 28.4 Å². The zero-order valence-corrected chi connectivity index (χ0v) is 59.6. The molecule has 0 aliphatic carbocycles. The van der Waals surface area contributed by atoms with Crippen LogP contribution in [0.5, 0.6) is 34.5 Å². The van der Waals surface area contributed by atoms with Crippen molar-refractivity contribution in [1.82, 2.24) is 0 Å². The van der Waals surface area contributed by atoms with Gasteiger partial charge < -0.3 is 39.1 Å². The lowest BCUT2D eigenvalue weighted by molar-refractivity contribution is 0.465. The topological polar surface area (TPSA) is 55.9 Å². The monoisotopic (exact) mass is 1360 g/mol. The van der Waals surface area contributed by atoms with Crippen molar-refractivity contribution in [3.05, 3.63) is 318 Å². The smallest absolute Gasteiger partial charge is 0.260 e. The van der Waals surface area contributed by atoms with Crippen LogP contribution in [0, 0.1) is 41.5 Å². The van der Waals surface area contributed by atoms with Crippen LogP contribution in [-0.4, -0.2) is 26.4 Å². The Bertz CT molecular complexity index is 5710. The molecule has 20 rings (SSSR count). The molecule has 13 heteroatoms. The molecule has 0 fully saturated rings. The van der Waals surface area contributed by atoms with Crippen LogP contribution in [0.3, 0.4) is 0 Å². The van der Waals surface area contributed by atoms with Gasteiger partial charge in [-0.3, -0.25) is 4.31 Å². The number of nitrogens with one attached hydrogen (secondary N) is 1. The highest BCUT2D eigenvalue weighted by Gasteiger charge is 2.49. The number of hydrogen-bond donors (Lipinski definition) is 1. The minimum atomic E-state index is -0.330. The van der Waals surface area contributed by atoms with Gasteiger partial charge in [0.2, 0.25) is 0 Å². The lowest BCUT2D eigenvalue weighted by atomic mass is 9.30. The summed E-state index contributed by atoms with van der Waals surface area (Å²) in [6.45, 7) is 12.2. The molecule has 0 amide bonds. The molecular weight excluding hydrogens is 1290 g/mol. The van der Waals surface area contributed by atoms with E-state index in [2.05, 4.69) is 362 Å². The van der Waals surface area contributed by atoms with Crippen LogP contribution in [0.1, 0.15) is 33.4 Å². The number of fused-ring (bicyclic) bond motifs is 12. The van der Waals surface area contributed by atoms with Crippen LogP contribution >= 0.6 is 11.9 Å². The summed E-state index contributed by atoms with van der Waals surface area (Å²) in [6.07, 6.45) is 2.18. The lowest BCUT2D eigenvalue weighted by Gasteiger charge is -2.43. The van der Waals surface area contributed by atoms with Crippen LogP contribution in [0.4, 0.5) is 91.0 Å². The summed E-state index contributed by atoms with van der Waals surface area (Å²) in [5.74, 6) is 4.73. The number of para-hydroxylation sites is 3. The minimum absolute atomic E-state index is 0.177. The van der Waals surface area contributed by atoms with Crippen molar-refractivity contribution < 1.29 is 14.2 Å². The normalized spacial score (nSPS) is 13.2. The highest BCUT2D eigenvalue weighted by molar-refractivity contribution is 8.00. The zero-order chi connectivity index (χ0) is 69.8. The molecular formula is C91H69B3N6O3S. The first-order valence-electron chi connectivity index (χ1n) is 35.8. The highest BCUT2D eigenvalue weighted by Crippen LogP contribution is 2.50. The Morgan fingerprint density at radius 1 is 0.279 bits per heavy atom. The summed E-state index contributed by atoms with van der Waals surface area (Å²) in [4.78, 5) is 9.55. The number of ether oxygens (including phenoxy) is 3. The van der Waals surface area contributed by atoms with Gasteiger partial charge in [-0.1, -0.05) is 173 Å². The Kier molecular flexibility index (Phi) is 14.2. The van der Waals surface area contributed by atoms with E-state index >= 15 is 0 Å². The molecule has 14 aromatic carbocycles. The van der Waals surface area contributed by atoms with Crippen molar-refractivity contribution in [3.63, 3.8) is 0 Å². The number of hydrogen-bond acceptors (Lipinski definition) is 10. The molecule has 0 saturated carbocycles. The van der Waals surface area contributed by atoms with Crippen molar-refractivity contribution in [3.8, 4) is 34.5 Å². The molecule has 6 aliphatic heterocycles. The number of anilines is 16. The van der Waals surface area contributed by atoms with Crippen LogP contribution < -0.4 is 92.6 Å². The zero-order valence-electron chi connectivity index (χ0n) is 58.7. The van der Waals surface area contributed by atoms with Gasteiger partial charge in [0.25, 0.3) is 20.1 Å². The fourth-order valence-corrected chi connectivity index (χ4v) is 17.6. The average molecular weight is 1360 g/mol. The third-order valence-corrected chi connectivity index (χ3v) is 22.6. The summed E-state index contributed by atoms with van der Waals surface area (Å²) < 4.78 is 25.0. The third-order valence-electron chi connectivity index (χ3n) is 21.8.